The molecule has 1 spiro atoms. The van der Waals surface area contributed by atoms with E-state index in [0.29, 0.717) is 22.5 Å². The Morgan fingerprint density at radius 1 is 0.966 bits per heavy atom. The van der Waals surface area contributed by atoms with Gasteiger partial charge >= 0.3 is 0 Å². The molecule has 29 heavy (non-hydrogen) atoms. The van der Waals surface area contributed by atoms with Crippen molar-refractivity contribution in [2.24, 2.45) is 0 Å². The topological polar surface area (TPSA) is 46.6 Å². The van der Waals surface area contributed by atoms with Crippen LogP contribution in [0.1, 0.15) is 21.5 Å². The Hall–Kier alpha value is -3.18. The SMILES string of the molecule is CN1C(=O)[C@@]2(OC(c3ccccc3)=C2C(=O)c2ccccc2)c2cc(Br)ccc21. The lowest BCUT2D eigenvalue weighted by Crippen LogP contribution is -2.50. The largest absolute Gasteiger partial charge is 0.466 e. The third-order valence-electron chi connectivity index (χ3n) is 5.44. The Morgan fingerprint density at radius 3 is 2.31 bits per heavy atom. The molecule has 0 N–H and O–H groups in total. The van der Waals surface area contributed by atoms with Crippen LogP contribution >= 0.6 is 15.9 Å². The quantitative estimate of drug-likeness (QED) is 0.536. The molecule has 2 heterocycles. The second-order valence-corrected chi connectivity index (χ2v) is 7.99. The fraction of sp³-hybridized carbons (Fsp3) is 0.0833. The molecule has 0 fully saturated rings. The van der Waals surface area contributed by atoms with Crippen LogP contribution in [0.5, 0.6) is 0 Å². The van der Waals surface area contributed by atoms with Gasteiger partial charge in [-0.3, -0.25) is 9.59 Å². The molecule has 2 aliphatic rings. The molecular weight excluding hydrogens is 430 g/mol. The summed E-state index contributed by atoms with van der Waals surface area (Å²) in [5, 5.41) is 0. The van der Waals surface area contributed by atoms with Crippen LogP contribution in [0.15, 0.2) is 88.9 Å². The molecule has 0 unspecified atom stereocenters. The Morgan fingerprint density at radius 2 is 1.62 bits per heavy atom. The molecule has 5 rings (SSSR count). The van der Waals surface area contributed by atoms with Crippen molar-refractivity contribution in [3.63, 3.8) is 0 Å². The molecule has 2 aliphatic heterocycles. The van der Waals surface area contributed by atoms with E-state index < -0.39 is 5.60 Å². The third kappa shape index (κ3) is 2.44. The molecule has 0 radical (unpaired) electrons. The first-order valence-corrected chi connectivity index (χ1v) is 10.0. The number of likely N-dealkylation sites (N-methyl/N-ethyl adjacent to an activating group) is 1. The van der Waals surface area contributed by atoms with Crippen LogP contribution in [-0.2, 0) is 15.1 Å². The highest BCUT2D eigenvalue weighted by Gasteiger charge is 2.64. The van der Waals surface area contributed by atoms with Crippen LogP contribution in [0.25, 0.3) is 5.76 Å². The molecule has 0 saturated carbocycles. The molecule has 142 valence electrons. The summed E-state index contributed by atoms with van der Waals surface area (Å²) < 4.78 is 7.06. The molecule has 0 aliphatic carbocycles. The number of amides is 1. The van der Waals surface area contributed by atoms with Crippen molar-refractivity contribution in [1.29, 1.82) is 0 Å². The first-order chi connectivity index (χ1) is 14.0. The summed E-state index contributed by atoms with van der Waals surface area (Å²) in [6, 6.07) is 24.0. The normalized spacial score (nSPS) is 19.8. The predicted molar refractivity (Wildman–Crippen MR) is 114 cm³/mol. The third-order valence-corrected chi connectivity index (χ3v) is 5.93. The number of benzene rings is 3. The summed E-state index contributed by atoms with van der Waals surface area (Å²) in [5.74, 6) is -0.0103. The van der Waals surface area contributed by atoms with Gasteiger partial charge in [0.15, 0.2) is 5.78 Å². The van der Waals surface area contributed by atoms with Crippen molar-refractivity contribution in [3.8, 4) is 0 Å². The Labute approximate surface area is 176 Å². The lowest BCUT2D eigenvalue weighted by atomic mass is 9.76. The van der Waals surface area contributed by atoms with Crippen molar-refractivity contribution in [2.45, 2.75) is 5.60 Å². The number of ether oxygens (including phenoxy) is 1. The molecule has 4 nitrogen and oxygen atoms in total. The minimum Gasteiger partial charge on any atom is -0.466 e. The first kappa shape index (κ1) is 17.9. The van der Waals surface area contributed by atoms with E-state index in [-0.39, 0.29) is 11.7 Å². The summed E-state index contributed by atoms with van der Waals surface area (Å²) in [4.78, 5) is 28.6. The van der Waals surface area contributed by atoms with Crippen LogP contribution in [0, 0.1) is 0 Å². The number of Topliss-reactive ketones (excluding diaryl/α,β-unsaturated/α-hetero) is 1. The number of carbonyl (C=O) groups is 2. The second kappa shape index (κ2) is 6.42. The van der Waals surface area contributed by atoms with Crippen molar-refractivity contribution < 1.29 is 14.3 Å². The van der Waals surface area contributed by atoms with Crippen molar-refractivity contribution in [3.05, 3.63) is 106 Å². The average molecular weight is 446 g/mol. The van der Waals surface area contributed by atoms with E-state index in [2.05, 4.69) is 15.9 Å². The van der Waals surface area contributed by atoms with Gasteiger partial charge in [0.2, 0.25) is 5.60 Å². The molecule has 5 heteroatoms. The predicted octanol–water partition coefficient (Wildman–Crippen LogP) is 4.95. The van der Waals surface area contributed by atoms with Gasteiger partial charge in [0.25, 0.3) is 5.91 Å². The van der Waals surface area contributed by atoms with Gasteiger partial charge in [0, 0.05) is 28.2 Å². The number of halogens is 1. The Kier molecular flexibility index (Phi) is 3.96. The van der Waals surface area contributed by atoms with Gasteiger partial charge in [0.1, 0.15) is 11.3 Å². The highest BCUT2D eigenvalue weighted by atomic mass is 79.9. The van der Waals surface area contributed by atoms with Crippen molar-refractivity contribution in [1.82, 2.24) is 0 Å². The minimum atomic E-state index is -1.42. The molecule has 0 aromatic heterocycles. The average Bonchev–Trinajstić information content (AvgIpc) is 2.95. The van der Waals surface area contributed by atoms with Gasteiger partial charge in [-0.1, -0.05) is 76.6 Å². The van der Waals surface area contributed by atoms with E-state index in [4.69, 9.17) is 4.74 Å². The van der Waals surface area contributed by atoms with E-state index in [9.17, 15) is 9.59 Å². The first-order valence-electron chi connectivity index (χ1n) is 9.21. The fourth-order valence-electron chi connectivity index (χ4n) is 4.04. The lowest BCUT2D eigenvalue weighted by Gasteiger charge is -2.41. The van der Waals surface area contributed by atoms with Gasteiger partial charge in [-0.2, -0.15) is 0 Å². The molecule has 0 saturated heterocycles. The number of hydrogen-bond donors (Lipinski definition) is 0. The maximum absolute atomic E-state index is 13.6. The Balaban J connectivity index is 1.77. The van der Waals surface area contributed by atoms with E-state index in [1.165, 1.54) is 0 Å². The van der Waals surface area contributed by atoms with E-state index in [0.717, 1.165) is 15.7 Å². The minimum absolute atomic E-state index is 0.203. The van der Waals surface area contributed by atoms with Gasteiger partial charge in [-0.15, -0.1) is 0 Å². The molecule has 1 atom stereocenters. The van der Waals surface area contributed by atoms with Gasteiger partial charge in [-0.05, 0) is 18.2 Å². The molecule has 0 bridgehead atoms. The monoisotopic (exact) mass is 445 g/mol. The van der Waals surface area contributed by atoms with Crippen molar-refractivity contribution in [2.75, 3.05) is 11.9 Å². The van der Waals surface area contributed by atoms with Gasteiger partial charge in [0.05, 0.1) is 5.69 Å². The highest BCUT2D eigenvalue weighted by molar-refractivity contribution is 9.10. The van der Waals surface area contributed by atoms with Gasteiger partial charge in [-0.25, -0.2) is 0 Å². The molecular formula is C24H16BrNO3. The van der Waals surface area contributed by atoms with Crippen LogP contribution in [0.3, 0.4) is 0 Å². The number of anilines is 1. The molecule has 3 aromatic carbocycles. The molecule has 3 aromatic rings. The lowest BCUT2D eigenvalue weighted by molar-refractivity contribution is -0.134. The maximum Gasteiger partial charge on any atom is 0.280 e. The number of carbonyl (C=O) groups excluding carboxylic acids is 2. The summed E-state index contributed by atoms with van der Waals surface area (Å²) in [6.07, 6.45) is 0. The van der Waals surface area contributed by atoms with Crippen LogP contribution in [-0.4, -0.2) is 18.7 Å². The Bertz CT molecular complexity index is 1190. The molecule has 1 amide bonds. The van der Waals surface area contributed by atoms with Crippen LogP contribution < -0.4 is 4.90 Å². The van der Waals surface area contributed by atoms with E-state index >= 15 is 0 Å². The number of rotatable bonds is 3. The summed E-state index contributed by atoms with van der Waals surface area (Å²) in [6.45, 7) is 0. The number of ketones is 1. The van der Waals surface area contributed by atoms with Crippen molar-refractivity contribution >= 4 is 39.1 Å². The van der Waals surface area contributed by atoms with E-state index in [1.807, 2.05) is 66.7 Å². The van der Waals surface area contributed by atoms with Crippen LogP contribution in [0.4, 0.5) is 5.69 Å². The zero-order valence-electron chi connectivity index (χ0n) is 15.6. The smallest absolute Gasteiger partial charge is 0.280 e. The van der Waals surface area contributed by atoms with E-state index in [1.54, 1.807) is 24.1 Å². The zero-order chi connectivity index (χ0) is 20.2. The zero-order valence-corrected chi connectivity index (χ0v) is 17.1. The second-order valence-electron chi connectivity index (χ2n) is 7.07. The highest BCUT2D eigenvalue weighted by Crippen LogP contribution is 2.57. The number of nitrogens with zero attached hydrogens (tertiary/aromatic N) is 1. The number of fused-ring (bicyclic) bond motifs is 2. The maximum atomic E-state index is 13.6. The van der Waals surface area contributed by atoms with Gasteiger partial charge < -0.3 is 9.64 Å². The summed E-state index contributed by atoms with van der Waals surface area (Å²) >= 11 is 3.49. The fourth-order valence-corrected chi connectivity index (χ4v) is 4.40. The number of hydrogen-bond acceptors (Lipinski definition) is 3. The van der Waals surface area contributed by atoms with Crippen LogP contribution in [0.2, 0.25) is 0 Å². The summed E-state index contributed by atoms with van der Waals surface area (Å²) in [7, 11) is 1.71. The summed E-state index contributed by atoms with van der Waals surface area (Å²) in [5.41, 5.74) is 1.67. The standard InChI is InChI=1S/C24H16BrNO3/c1-26-19-13-12-17(25)14-18(19)24(23(26)28)20(21(27)15-8-4-2-5-9-15)22(29-24)16-10-6-3-7-11-16/h2-14H,1H3/t24-/m1/s1.